The molecule has 1 aliphatic heterocycles. The standard InChI is InChI=1S/C11H17N3O/c1-4-7-14-9(15)13-8(12)11(14,3)10(2)5-6-10/h4H,1,5-7H2,2-3H3,(H2,12,13,15). The first kappa shape index (κ1) is 10.2. The molecule has 1 saturated carbocycles. The molecule has 0 bridgehead atoms. The van der Waals surface area contributed by atoms with Crippen LogP contribution in [0.4, 0.5) is 4.79 Å². The van der Waals surface area contributed by atoms with Crippen LogP contribution in [0.1, 0.15) is 26.7 Å². The van der Waals surface area contributed by atoms with Crippen molar-refractivity contribution < 1.29 is 4.79 Å². The molecule has 0 aromatic heterocycles. The SMILES string of the molecule is C=CCN1C(=O)NC(=N)C1(C)C1(C)CC1. The Kier molecular flexibility index (Phi) is 1.93. The first-order valence-electron chi connectivity index (χ1n) is 5.24. The topological polar surface area (TPSA) is 56.2 Å². The number of nitrogens with zero attached hydrogens (tertiary/aromatic N) is 1. The molecule has 2 fully saturated rings. The number of amidine groups is 1. The molecule has 1 heterocycles. The number of carbonyl (C=O) groups is 1. The number of hydrogen-bond acceptors (Lipinski definition) is 2. The molecule has 2 N–H and O–H groups in total. The molecule has 15 heavy (non-hydrogen) atoms. The number of hydrogen-bond donors (Lipinski definition) is 2. The van der Waals surface area contributed by atoms with E-state index in [-0.39, 0.29) is 11.4 Å². The van der Waals surface area contributed by atoms with E-state index in [0.29, 0.717) is 12.4 Å². The summed E-state index contributed by atoms with van der Waals surface area (Å²) in [6.45, 7) is 8.27. The van der Waals surface area contributed by atoms with Gasteiger partial charge >= 0.3 is 6.03 Å². The number of amides is 2. The van der Waals surface area contributed by atoms with Crippen LogP contribution >= 0.6 is 0 Å². The Morgan fingerprint density at radius 1 is 1.60 bits per heavy atom. The van der Waals surface area contributed by atoms with Gasteiger partial charge in [0, 0.05) is 6.54 Å². The first-order valence-corrected chi connectivity index (χ1v) is 5.24. The summed E-state index contributed by atoms with van der Waals surface area (Å²) in [4.78, 5) is 13.4. The van der Waals surface area contributed by atoms with E-state index in [4.69, 9.17) is 5.41 Å². The van der Waals surface area contributed by atoms with Crippen molar-refractivity contribution in [3.8, 4) is 0 Å². The number of rotatable bonds is 3. The lowest BCUT2D eigenvalue weighted by Gasteiger charge is -2.38. The second-order valence-corrected chi connectivity index (χ2v) is 4.84. The van der Waals surface area contributed by atoms with E-state index in [0.717, 1.165) is 12.8 Å². The van der Waals surface area contributed by atoms with E-state index in [2.05, 4.69) is 18.8 Å². The monoisotopic (exact) mass is 207 g/mol. The Labute approximate surface area is 89.8 Å². The van der Waals surface area contributed by atoms with Crippen molar-refractivity contribution in [2.75, 3.05) is 6.54 Å². The van der Waals surface area contributed by atoms with Gasteiger partial charge < -0.3 is 4.90 Å². The Bertz CT molecular complexity index is 346. The Hall–Kier alpha value is -1.32. The van der Waals surface area contributed by atoms with Crippen LogP contribution in [-0.2, 0) is 0 Å². The van der Waals surface area contributed by atoms with Gasteiger partial charge in [0.2, 0.25) is 0 Å². The maximum atomic E-state index is 11.7. The summed E-state index contributed by atoms with van der Waals surface area (Å²) in [6, 6.07) is -0.171. The lowest BCUT2D eigenvalue weighted by molar-refractivity contribution is 0.150. The highest BCUT2D eigenvalue weighted by atomic mass is 16.2. The van der Waals surface area contributed by atoms with Crippen LogP contribution in [0, 0.1) is 10.8 Å². The van der Waals surface area contributed by atoms with E-state index < -0.39 is 5.54 Å². The van der Waals surface area contributed by atoms with Crippen molar-refractivity contribution in [1.29, 1.82) is 5.41 Å². The molecule has 0 aromatic rings. The van der Waals surface area contributed by atoms with Gasteiger partial charge in [0.05, 0.1) is 0 Å². The van der Waals surface area contributed by atoms with E-state index in [1.165, 1.54) is 0 Å². The van der Waals surface area contributed by atoms with Crippen LogP contribution in [0.25, 0.3) is 0 Å². The van der Waals surface area contributed by atoms with Crippen LogP contribution in [0.15, 0.2) is 12.7 Å². The molecule has 82 valence electrons. The van der Waals surface area contributed by atoms with Crippen LogP contribution in [0.2, 0.25) is 0 Å². The maximum absolute atomic E-state index is 11.7. The third-order valence-electron chi connectivity index (χ3n) is 3.99. The molecule has 4 heteroatoms. The third kappa shape index (κ3) is 1.14. The molecule has 1 saturated heterocycles. The summed E-state index contributed by atoms with van der Waals surface area (Å²) in [5.74, 6) is 0.328. The second-order valence-electron chi connectivity index (χ2n) is 4.84. The number of nitrogens with one attached hydrogen (secondary N) is 2. The molecule has 1 atom stereocenters. The number of carbonyl (C=O) groups excluding carboxylic acids is 1. The average molecular weight is 207 g/mol. The third-order valence-corrected chi connectivity index (χ3v) is 3.99. The first-order chi connectivity index (χ1) is 6.95. The van der Waals surface area contributed by atoms with Gasteiger partial charge in [-0.1, -0.05) is 13.0 Å². The van der Waals surface area contributed by atoms with Crippen molar-refractivity contribution in [2.24, 2.45) is 5.41 Å². The highest BCUT2D eigenvalue weighted by Gasteiger charge is 2.62. The molecule has 0 spiro atoms. The summed E-state index contributed by atoms with van der Waals surface area (Å²) in [5, 5.41) is 10.5. The van der Waals surface area contributed by atoms with Crippen molar-refractivity contribution >= 4 is 11.9 Å². The zero-order valence-corrected chi connectivity index (χ0v) is 9.26. The van der Waals surface area contributed by atoms with Gasteiger partial charge in [0.15, 0.2) is 0 Å². The lowest BCUT2D eigenvalue weighted by Crippen LogP contribution is -2.53. The zero-order valence-electron chi connectivity index (χ0n) is 9.26. The van der Waals surface area contributed by atoms with Gasteiger partial charge in [-0.15, -0.1) is 6.58 Å². The molecule has 2 aliphatic rings. The van der Waals surface area contributed by atoms with Crippen LogP contribution in [0.3, 0.4) is 0 Å². The van der Waals surface area contributed by atoms with Crippen molar-refractivity contribution in [2.45, 2.75) is 32.2 Å². The minimum absolute atomic E-state index is 0.0618. The van der Waals surface area contributed by atoms with Crippen LogP contribution < -0.4 is 5.32 Å². The van der Waals surface area contributed by atoms with Gasteiger partial charge in [0.1, 0.15) is 11.4 Å². The highest BCUT2D eigenvalue weighted by molar-refractivity contribution is 6.09. The van der Waals surface area contributed by atoms with Gasteiger partial charge in [0.25, 0.3) is 0 Å². The normalized spacial score (nSPS) is 32.8. The Morgan fingerprint density at radius 3 is 2.67 bits per heavy atom. The molecule has 1 aliphatic carbocycles. The molecule has 4 nitrogen and oxygen atoms in total. The van der Waals surface area contributed by atoms with Gasteiger partial charge in [-0.3, -0.25) is 10.7 Å². The maximum Gasteiger partial charge on any atom is 0.323 e. The Balaban J connectivity index is 2.38. The molecule has 0 aromatic carbocycles. The predicted octanol–water partition coefficient (Wildman–Crippen LogP) is 1.73. The fourth-order valence-corrected chi connectivity index (χ4v) is 2.33. The van der Waals surface area contributed by atoms with Gasteiger partial charge in [-0.05, 0) is 25.2 Å². The molecule has 2 amide bonds. The minimum atomic E-state index is -0.474. The highest BCUT2D eigenvalue weighted by Crippen LogP contribution is 2.57. The minimum Gasteiger partial charge on any atom is -0.308 e. The van der Waals surface area contributed by atoms with E-state index in [1.54, 1.807) is 11.0 Å². The molecule has 0 radical (unpaired) electrons. The smallest absolute Gasteiger partial charge is 0.308 e. The number of urea groups is 1. The average Bonchev–Trinajstić information content (AvgIpc) is 2.88. The fourth-order valence-electron chi connectivity index (χ4n) is 2.33. The largest absolute Gasteiger partial charge is 0.323 e. The van der Waals surface area contributed by atoms with E-state index in [9.17, 15) is 4.79 Å². The lowest BCUT2D eigenvalue weighted by atomic mass is 9.82. The van der Waals surface area contributed by atoms with E-state index >= 15 is 0 Å². The van der Waals surface area contributed by atoms with Crippen molar-refractivity contribution in [3.63, 3.8) is 0 Å². The predicted molar refractivity (Wildman–Crippen MR) is 58.9 cm³/mol. The molecule has 1 unspecified atom stereocenters. The summed E-state index contributed by atoms with van der Waals surface area (Å²) >= 11 is 0. The quantitative estimate of drug-likeness (QED) is 0.680. The zero-order chi connectivity index (χ0) is 11.3. The Morgan fingerprint density at radius 2 is 2.20 bits per heavy atom. The van der Waals surface area contributed by atoms with Crippen molar-refractivity contribution in [3.05, 3.63) is 12.7 Å². The van der Waals surface area contributed by atoms with E-state index in [1.807, 2.05) is 6.92 Å². The van der Waals surface area contributed by atoms with Crippen LogP contribution in [-0.4, -0.2) is 28.9 Å². The second kappa shape index (κ2) is 2.84. The van der Waals surface area contributed by atoms with Crippen LogP contribution in [0.5, 0.6) is 0 Å². The molecule has 2 rings (SSSR count). The summed E-state index contributed by atoms with van der Waals surface area (Å²) in [5.41, 5.74) is -0.412. The summed E-state index contributed by atoms with van der Waals surface area (Å²) in [6.07, 6.45) is 3.87. The van der Waals surface area contributed by atoms with Gasteiger partial charge in [-0.25, -0.2) is 4.79 Å². The molecular weight excluding hydrogens is 190 g/mol. The molecular formula is C11H17N3O. The summed E-state index contributed by atoms with van der Waals surface area (Å²) in [7, 11) is 0. The van der Waals surface area contributed by atoms with Gasteiger partial charge in [-0.2, -0.15) is 0 Å². The summed E-state index contributed by atoms with van der Waals surface area (Å²) < 4.78 is 0. The van der Waals surface area contributed by atoms with Crippen molar-refractivity contribution in [1.82, 2.24) is 10.2 Å². The fraction of sp³-hybridized carbons (Fsp3) is 0.636.